The van der Waals surface area contributed by atoms with Gasteiger partial charge in [-0.1, -0.05) is 18.2 Å². The number of hydrogen-bond acceptors (Lipinski definition) is 4. The van der Waals surface area contributed by atoms with E-state index >= 15 is 0 Å². The number of hydrogen-bond donors (Lipinski definition) is 1. The van der Waals surface area contributed by atoms with Crippen molar-refractivity contribution in [3.8, 4) is 11.8 Å². The molecule has 0 radical (unpaired) electrons. The molecule has 2 atom stereocenters. The highest BCUT2D eigenvalue weighted by molar-refractivity contribution is 5.83. The maximum absolute atomic E-state index is 12.8. The molecule has 0 spiro atoms. The van der Waals surface area contributed by atoms with Crippen molar-refractivity contribution < 1.29 is 9.53 Å². The van der Waals surface area contributed by atoms with Crippen LogP contribution in [0, 0.1) is 17.2 Å². The number of nitriles is 1. The third-order valence-electron chi connectivity index (χ3n) is 4.74. The van der Waals surface area contributed by atoms with Crippen LogP contribution in [0.4, 0.5) is 0 Å². The summed E-state index contributed by atoms with van der Waals surface area (Å²) in [7, 11) is 1.58. The first-order valence-corrected chi connectivity index (χ1v) is 8.31. The van der Waals surface area contributed by atoms with Crippen LogP contribution in [0.1, 0.15) is 37.3 Å². The standard InChI is InChI=1S/C18H23N3O2/c1-23-16-7-3-2-6-14(16)15(12-19)20-18(22)17(13-8-9-13)21-10-4-5-11-21/h2-3,6-7,13,15,17H,4-5,8-11H2,1H3,(H,20,22)/t15-,17-/m0/s1. The maximum atomic E-state index is 12.8. The summed E-state index contributed by atoms with van der Waals surface area (Å²) in [6, 6.07) is 8.79. The zero-order valence-corrected chi connectivity index (χ0v) is 13.5. The third kappa shape index (κ3) is 3.48. The molecule has 1 saturated heterocycles. The molecule has 1 N–H and O–H groups in total. The summed E-state index contributed by atoms with van der Waals surface area (Å²) in [6.45, 7) is 1.97. The lowest BCUT2D eigenvalue weighted by Gasteiger charge is -2.27. The van der Waals surface area contributed by atoms with Crippen molar-refractivity contribution in [2.24, 2.45) is 5.92 Å². The van der Waals surface area contributed by atoms with Gasteiger partial charge in [-0.15, -0.1) is 0 Å². The summed E-state index contributed by atoms with van der Waals surface area (Å²) in [5.41, 5.74) is 0.710. The molecule has 3 rings (SSSR count). The topological polar surface area (TPSA) is 65.4 Å². The molecule has 0 unspecified atom stereocenters. The van der Waals surface area contributed by atoms with E-state index in [1.54, 1.807) is 7.11 Å². The highest BCUT2D eigenvalue weighted by Crippen LogP contribution is 2.37. The molecule has 122 valence electrons. The predicted octanol–water partition coefficient (Wildman–Crippen LogP) is 2.25. The van der Waals surface area contributed by atoms with E-state index in [1.807, 2.05) is 24.3 Å². The van der Waals surface area contributed by atoms with Crippen molar-refractivity contribution >= 4 is 5.91 Å². The molecule has 1 aromatic rings. The molecule has 5 heteroatoms. The molecule has 1 saturated carbocycles. The molecule has 5 nitrogen and oxygen atoms in total. The number of rotatable bonds is 6. The van der Waals surface area contributed by atoms with Crippen LogP contribution in [-0.2, 0) is 4.79 Å². The van der Waals surface area contributed by atoms with Crippen LogP contribution in [-0.4, -0.2) is 37.0 Å². The molecule has 1 heterocycles. The van der Waals surface area contributed by atoms with E-state index in [9.17, 15) is 10.1 Å². The SMILES string of the molecule is COc1ccccc1[C@H](C#N)NC(=O)[C@H](C1CC1)N1CCCC1. The number of likely N-dealkylation sites (tertiary alicyclic amines) is 1. The number of nitrogens with one attached hydrogen (secondary N) is 1. The quantitative estimate of drug-likeness (QED) is 0.875. The maximum Gasteiger partial charge on any atom is 0.238 e. The van der Waals surface area contributed by atoms with Crippen molar-refractivity contribution in [2.75, 3.05) is 20.2 Å². The minimum atomic E-state index is -0.678. The smallest absolute Gasteiger partial charge is 0.238 e. The number of carbonyl (C=O) groups excluding carboxylic acids is 1. The van der Waals surface area contributed by atoms with Crippen LogP contribution in [0.15, 0.2) is 24.3 Å². The third-order valence-corrected chi connectivity index (χ3v) is 4.74. The Labute approximate surface area is 137 Å². The lowest BCUT2D eigenvalue weighted by molar-refractivity contribution is -0.127. The summed E-state index contributed by atoms with van der Waals surface area (Å²) in [5.74, 6) is 1.06. The molecule has 0 bridgehead atoms. The number of nitrogens with zero attached hydrogens (tertiary/aromatic N) is 2. The van der Waals surface area contributed by atoms with Crippen LogP contribution in [0.3, 0.4) is 0 Å². The summed E-state index contributed by atoms with van der Waals surface area (Å²) >= 11 is 0. The Hall–Kier alpha value is -2.06. The molecule has 1 amide bonds. The fraction of sp³-hybridized carbons (Fsp3) is 0.556. The zero-order valence-electron chi connectivity index (χ0n) is 13.5. The number of amides is 1. The fourth-order valence-corrected chi connectivity index (χ4v) is 3.42. The molecule has 2 aliphatic rings. The second kappa shape index (κ2) is 7.01. The van der Waals surface area contributed by atoms with Crippen LogP contribution >= 0.6 is 0 Å². The second-order valence-electron chi connectivity index (χ2n) is 6.34. The van der Waals surface area contributed by atoms with E-state index in [-0.39, 0.29) is 11.9 Å². The normalized spacial score (nSPS) is 20.5. The van der Waals surface area contributed by atoms with Gasteiger partial charge in [-0.05, 0) is 50.8 Å². The zero-order chi connectivity index (χ0) is 16.2. The summed E-state index contributed by atoms with van der Waals surface area (Å²) in [5, 5.41) is 12.5. The van der Waals surface area contributed by atoms with E-state index in [4.69, 9.17) is 4.74 Å². The first-order valence-electron chi connectivity index (χ1n) is 8.31. The Morgan fingerprint density at radius 1 is 1.35 bits per heavy atom. The Kier molecular flexibility index (Phi) is 4.82. The summed E-state index contributed by atoms with van der Waals surface area (Å²) < 4.78 is 5.32. The lowest BCUT2D eigenvalue weighted by atomic mass is 10.0. The largest absolute Gasteiger partial charge is 0.496 e. The molecular formula is C18H23N3O2. The van der Waals surface area contributed by atoms with Gasteiger partial charge in [0.05, 0.1) is 19.2 Å². The fourth-order valence-electron chi connectivity index (χ4n) is 3.42. The van der Waals surface area contributed by atoms with Gasteiger partial charge in [-0.2, -0.15) is 5.26 Å². The van der Waals surface area contributed by atoms with Crippen LogP contribution in [0.25, 0.3) is 0 Å². The van der Waals surface area contributed by atoms with E-state index < -0.39 is 6.04 Å². The van der Waals surface area contributed by atoms with Gasteiger partial charge in [0.2, 0.25) is 5.91 Å². The van der Waals surface area contributed by atoms with Crippen molar-refractivity contribution in [1.82, 2.24) is 10.2 Å². The second-order valence-corrected chi connectivity index (χ2v) is 6.34. The van der Waals surface area contributed by atoms with Gasteiger partial charge in [-0.3, -0.25) is 9.69 Å². The number of benzene rings is 1. The van der Waals surface area contributed by atoms with Crippen LogP contribution in [0.5, 0.6) is 5.75 Å². The van der Waals surface area contributed by atoms with E-state index in [0.717, 1.165) is 38.8 Å². The average molecular weight is 313 g/mol. The molecule has 1 aliphatic heterocycles. The van der Waals surface area contributed by atoms with E-state index in [2.05, 4.69) is 16.3 Å². The Morgan fingerprint density at radius 2 is 2.04 bits per heavy atom. The minimum Gasteiger partial charge on any atom is -0.496 e. The first kappa shape index (κ1) is 15.8. The van der Waals surface area contributed by atoms with Crippen molar-refractivity contribution in [3.05, 3.63) is 29.8 Å². The van der Waals surface area contributed by atoms with Gasteiger partial charge in [0, 0.05) is 5.56 Å². The van der Waals surface area contributed by atoms with Gasteiger partial charge in [0.15, 0.2) is 0 Å². The number of ether oxygens (including phenoxy) is 1. The van der Waals surface area contributed by atoms with Crippen molar-refractivity contribution in [2.45, 2.75) is 37.8 Å². The molecule has 2 fully saturated rings. The van der Waals surface area contributed by atoms with E-state index in [0.29, 0.717) is 17.2 Å². The molecule has 0 aromatic heterocycles. The minimum absolute atomic E-state index is 0.0214. The Balaban J connectivity index is 1.75. The summed E-state index contributed by atoms with van der Waals surface area (Å²) in [4.78, 5) is 15.1. The van der Waals surface area contributed by atoms with Gasteiger partial charge in [0.25, 0.3) is 0 Å². The summed E-state index contributed by atoms with van der Waals surface area (Å²) in [6.07, 6.45) is 4.54. The van der Waals surface area contributed by atoms with Crippen LogP contribution in [0.2, 0.25) is 0 Å². The Morgan fingerprint density at radius 3 is 2.65 bits per heavy atom. The molecule has 1 aliphatic carbocycles. The van der Waals surface area contributed by atoms with Crippen molar-refractivity contribution in [3.63, 3.8) is 0 Å². The number of para-hydroxylation sites is 1. The lowest BCUT2D eigenvalue weighted by Crippen LogP contribution is -2.48. The average Bonchev–Trinajstić information content (AvgIpc) is 3.26. The van der Waals surface area contributed by atoms with Gasteiger partial charge >= 0.3 is 0 Å². The number of carbonyl (C=O) groups is 1. The van der Waals surface area contributed by atoms with Crippen molar-refractivity contribution in [1.29, 1.82) is 5.26 Å². The highest BCUT2D eigenvalue weighted by Gasteiger charge is 2.41. The molecular weight excluding hydrogens is 290 g/mol. The number of methoxy groups -OCH3 is 1. The first-order chi connectivity index (χ1) is 11.2. The highest BCUT2D eigenvalue weighted by atomic mass is 16.5. The van der Waals surface area contributed by atoms with E-state index in [1.165, 1.54) is 0 Å². The van der Waals surface area contributed by atoms with Crippen LogP contribution < -0.4 is 10.1 Å². The predicted molar refractivity (Wildman–Crippen MR) is 86.8 cm³/mol. The molecule has 1 aromatic carbocycles. The van der Waals surface area contributed by atoms with Gasteiger partial charge < -0.3 is 10.1 Å². The molecule has 23 heavy (non-hydrogen) atoms. The van der Waals surface area contributed by atoms with Gasteiger partial charge in [0.1, 0.15) is 11.8 Å². The monoisotopic (exact) mass is 313 g/mol. The Bertz CT molecular complexity index is 601. The van der Waals surface area contributed by atoms with Gasteiger partial charge in [-0.25, -0.2) is 0 Å².